The van der Waals surface area contributed by atoms with Crippen molar-refractivity contribution in [3.63, 3.8) is 0 Å². The van der Waals surface area contributed by atoms with Gasteiger partial charge >= 0.3 is 0 Å². The lowest BCUT2D eigenvalue weighted by atomic mass is 10.2. The Balaban J connectivity index is 1.72. The highest BCUT2D eigenvalue weighted by molar-refractivity contribution is 7.98. The van der Waals surface area contributed by atoms with Gasteiger partial charge in [-0.25, -0.2) is 0 Å². The minimum absolute atomic E-state index is 0.171. The van der Waals surface area contributed by atoms with Crippen LogP contribution in [0.1, 0.15) is 31.3 Å². The maximum atomic E-state index is 6.05. The lowest BCUT2D eigenvalue weighted by molar-refractivity contribution is 0.210. The molecule has 6 heteroatoms. The summed E-state index contributed by atoms with van der Waals surface area (Å²) >= 11 is 7.70. The topological polar surface area (TPSA) is 39.9 Å². The third kappa shape index (κ3) is 4.55. The van der Waals surface area contributed by atoms with E-state index in [2.05, 4.69) is 27.8 Å². The molecule has 0 radical (unpaired) electrons. The second-order valence-electron chi connectivity index (χ2n) is 5.58. The second-order valence-corrected chi connectivity index (χ2v) is 6.96. The van der Waals surface area contributed by atoms with Gasteiger partial charge in [0, 0.05) is 17.3 Å². The van der Waals surface area contributed by atoms with Crippen molar-refractivity contribution < 1.29 is 4.74 Å². The number of hydrogen-bond acceptors (Lipinski definition) is 4. The molecule has 0 aliphatic heterocycles. The fraction of sp³-hybridized carbons (Fsp3) is 0.263. The van der Waals surface area contributed by atoms with Crippen molar-refractivity contribution in [1.29, 1.82) is 0 Å². The Morgan fingerprint density at radius 1 is 1.12 bits per heavy atom. The summed E-state index contributed by atoms with van der Waals surface area (Å²) in [5.41, 5.74) is 1.17. The van der Waals surface area contributed by atoms with E-state index in [1.807, 2.05) is 55.5 Å². The van der Waals surface area contributed by atoms with Gasteiger partial charge in [-0.3, -0.25) is 0 Å². The maximum absolute atomic E-state index is 6.05. The summed E-state index contributed by atoms with van der Waals surface area (Å²) in [6, 6.07) is 17.6. The van der Waals surface area contributed by atoms with E-state index < -0.39 is 0 Å². The van der Waals surface area contributed by atoms with E-state index in [1.165, 1.54) is 5.56 Å². The van der Waals surface area contributed by atoms with Crippen LogP contribution in [0.5, 0.6) is 5.75 Å². The monoisotopic (exact) mass is 373 g/mol. The number of ether oxygens (including phenoxy) is 1. The Morgan fingerprint density at radius 3 is 2.64 bits per heavy atom. The molecule has 2 aromatic carbocycles. The van der Waals surface area contributed by atoms with Crippen LogP contribution in [0.2, 0.25) is 5.02 Å². The largest absolute Gasteiger partial charge is 0.483 e. The molecule has 0 bridgehead atoms. The molecule has 0 amide bonds. The van der Waals surface area contributed by atoms with Crippen LogP contribution in [-0.2, 0) is 12.3 Å². The molecule has 0 saturated carbocycles. The minimum atomic E-state index is -0.171. The molecule has 1 atom stereocenters. The number of aromatic nitrogens is 3. The van der Waals surface area contributed by atoms with E-state index in [-0.39, 0.29) is 6.10 Å². The van der Waals surface area contributed by atoms with E-state index >= 15 is 0 Å². The Labute approximate surface area is 157 Å². The quantitative estimate of drug-likeness (QED) is 0.521. The van der Waals surface area contributed by atoms with Gasteiger partial charge < -0.3 is 9.30 Å². The molecule has 1 aromatic heterocycles. The molecule has 0 aliphatic rings. The lowest BCUT2D eigenvalue weighted by Gasteiger charge is -2.15. The normalized spacial score (nSPS) is 12.1. The molecule has 0 saturated heterocycles. The highest BCUT2D eigenvalue weighted by Gasteiger charge is 2.18. The van der Waals surface area contributed by atoms with Gasteiger partial charge in [0.1, 0.15) is 5.75 Å². The molecule has 1 heterocycles. The average Bonchev–Trinajstić information content (AvgIpc) is 3.04. The standard InChI is InChI=1S/C19H20ClN3OS/c1-3-23-18(14(2)24-17-10-5-4-6-11-17)21-22-19(23)25-13-15-8-7-9-16(20)12-15/h4-12,14H,3,13H2,1-2H3/t14-/m1/s1. The van der Waals surface area contributed by atoms with E-state index in [9.17, 15) is 0 Å². The lowest BCUT2D eigenvalue weighted by Crippen LogP contribution is -2.11. The molecule has 0 N–H and O–H groups in total. The smallest absolute Gasteiger partial charge is 0.191 e. The molecular weight excluding hydrogens is 354 g/mol. The molecule has 0 unspecified atom stereocenters. The molecule has 25 heavy (non-hydrogen) atoms. The Kier molecular flexibility index (Phi) is 6.00. The Bertz CT molecular complexity index is 823. The first-order valence-corrected chi connectivity index (χ1v) is 9.55. The van der Waals surface area contributed by atoms with Crippen molar-refractivity contribution >= 4 is 23.4 Å². The van der Waals surface area contributed by atoms with Gasteiger partial charge in [0.2, 0.25) is 0 Å². The average molecular weight is 374 g/mol. The third-order valence-electron chi connectivity index (χ3n) is 3.74. The number of rotatable bonds is 7. The van der Waals surface area contributed by atoms with Crippen LogP contribution in [0.4, 0.5) is 0 Å². The van der Waals surface area contributed by atoms with Crippen LogP contribution in [0, 0.1) is 0 Å². The Morgan fingerprint density at radius 2 is 1.92 bits per heavy atom. The highest BCUT2D eigenvalue weighted by atomic mass is 35.5. The SMILES string of the molecule is CCn1c(SCc2cccc(Cl)c2)nnc1[C@@H](C)Oc1ccccc1. The van der Waals surface area contributed by atoms with Crippen molar-refractivity contribution in [3.05, 3.63) is 71.0 Å². The number of nitrogens with zero attached hydrogens (tertiary/aromatic N) is 3. The van der Waals surface area contributed by atoms with Gasteiger partial charge in [-0.2, -0.15) is 0 Å². The van der Waals surface area contributed by atoms with Crippen LogP contribution in [-0.4, -0.2) is 14.8 Å². The molecule has 3 rings (SSSR count). The van der Waals surface area contributed by atoms with Gasteiger partial charge in [0.25, 0.3) is 0 Å². The van der Waals surface area contributed by atoms with Gasteiger partial charge in [-0.05, 0) is 43.7 Å². The first-order chi connectivity index (χ1) is 12.2. The molecule has 4 nitrogen and oxygen atoms in total. The maximum Gasteiger partial charge on any atom is 0.191 e. The summed E-state index contributed by atoms with van der Waals surface area (Å²) in [5, 5.41) is 10.3. The van der Waals surface area contributed by atoms with E-state index in [0.29, 0.717) is 0 Å². The number of benzene rings is 2. The fourth-order valence-electron chi connectivity index (χ4n) is 2.54. The second kappa shape index (κ2) is 8.41. The van der Waals surface area contributed by atoms with Gasteiger partial charge in [-0.1, -0.05) is 53.7 Å². The predicted octanol–water partition coefficient (Wildman–Crippen LogP) is 5.38. The number of para-hydroxylation sites is 1. The fourth-order valence-corrected chi connectivity index (χ4v) is 3.70. The van der Waals surface area contributed by atoms with E-state index in [0.717, 1.165) is 34.1 Å². The van der Waals surface area contributed by atoms with Gasteiger partial charge in [-0.15, -0.1) is 10.2 Å². The zero-order valence-electron chi connectivity index (χ0n) is 14.2. The van der Waals surface area contributed by atoms with E-state index in [4.69, 9.17) is 16.3 Å². The summed E-state index contributed by atoms with van der Waals surface area (Å²) in [6.45, 7) is 4.88. The zero-order chi connectivity index (χ0) is 17.6. The summed E-state index contributed by atoms with van der Waals surface area (Å²) in [6.07, 6.45) is -0.171. The van der Waals surface area contributed by atoms with Crippen molar-refractivity contribution in [2.45, 2.75) is 37.4 Å². The predicted molar refractivity (Wildman–Crippen MR) is 102 cm³/mol. The van der Waals surface area contributed by atoms with Crippen LogP contribution in [0.15, 0.2) is 59.8 Å². The van der Waals surface area contributed by atoms with Crippen molar-refractivity contribution in [2.24, 2.45) is 0 Å². The zero-order valence-corrected chi connectivity index (χ0v) is 15.8. The van der Waals surface area contributed by atoms with Crippen LogP contribution in [0.25, 0.3) is 0 Å². The first-order valence-electron chi connectivity index (χ1n) is 8.19. The molecule has 0 aliphatic carbocycles. The highest BCUT2D eigenvalue weighted by Crippen LogP contribution is 2.27. The molecule has 3 aromatic rings. The molecule has 0 fully saturated rings. The minimum Gasteiger partial charge on any atom is -0.483 e. The van der Waals surface area contributed by atoms with Crippen LogP contribution < -0.4 is 4.74 Å². The Hall–Kier alpha value is -1.98. The van der Waals surface area contributed by atoms with Crippen LogP contribution in [0.3, 0.4) is 0 Å². The summed E-state index contributed by atoms with van der Waals surface area (Å²) in [7, 11) is 0. The first kappa shape index (κ1) is 17.8. The summed E-state index contributed by atoms with van der Waals surface area (Å²) < 4.78 is 8.08. The number of halogens is 1. The summed E-state index contributed by atoms with van der Waals surface area (Å²) in [4.78, 5) is 0. The molecule has 130 valence electrons. The number of thioether (sulfide) groups is 1. The van der Waals surface area contributed by atoms with Crippen molar-refractivity contribution in [1.82, 2.24) is 14.8 Å². The molecule has 0 spiro atoms. The van der Waals surface area contributed by atoms with Crippen molar-refractivity contribution in [2.75, 3.05) is 0 Å². The van der Waals surface area contributed by atoms with Gasteiger partial charge in [0.05, 0.1) is 0 Å². The number of hydrogen-bond donors (Lipinski definition) is 0. The van der Waals surface area contributed by atoms with E-state index in [1.54, 1.807) is 11.8 Å². The van der Waals surface area contributed by atoms with Crippen molar-refractivity contribution in [3.8, 4) is 5.75 Å². The van der Waals surface area contributed by atoms with Crippen LogP contribution >= 0.6 is 23.4 Å². The molecular formula is C19H20ClN3OS. The summed E-state index contributed by atoms with van der Waals surface area (Å²) in [5.74, 6) is 2.46. The van der Waals surface area contributed by atoms with Gasteiger partial charge in [0.15, 0.2) is 17.1 Å². The third-order valence-corrected chi connectivity index (χ3v) is 5.01.